The maximum absolute atomic E-state index is 13.1. The smallest absolute Gasteiger partial charge is 0.495 e. The van der Waals surface area contributed by atoms with Gasteiger partial charge in [-0.1, -0.05) is 54.6 Å². The van der Waals surface area contributed by atoms with Crippen molar-refractivity contribution in [1.29, 1.82) is 0 Å². The van der Waals surface area contributed by atoms with Crippen LogP contribution in [0.25, 0.3) is 0 Å². The van der Waals surface area contributed by atoms with Gasteiger partial charge in [-0.05, 0) is 36.4 Å². The van der Waals surface area contributed by atoms with Gasteiger partial charge in [0.25, 0.3) is 7.49 Å². The molecule has 0 aliphatic carbocycles. The highest BCUT2D eigenvalue weighted by Gasteiger charge is 2.56. The number of carbonyl (C=O) groups is 1. The average molecular weight is 502 g/mol. The predicted octanol–water partition coefficient (Wildman–Crippen LogP) is 1.00. The van der Waals surface area contributed by atoms with Gasteiger partial charge in [-0.2, -0.15) is 13.2 Å². The molecule has 0 saturated carbocycles. The van der Waals surface area contributed by atoms with Crippen LogP contribution in [0.3, 0.4) is 0 Å². The topological polar surface area (TPSA) is 26.3 Å². The van der Waals surface area contributed by atoms with Crippen molar-refractivity contribution in [3.8, 4) is 0 Å². The molecule has 140 valence electrons. The summed E-state index contributed by atoms with van der Waals surface area (Å²) in [4.78, 5) is 11.9. The molecule has 0 amide bonds. The summed E-state index contributed by atoms with van der Waals surface area (Å²) < 4.78 is 44.5. The Morgan fingerprint density at radius 3 is 1.22 bits per heavy atom. The maximum Gasteiger partial charge on any atom is 0.495 e. The lowest BCUT2D eigenvalue weighted by Gasteiger charge is -2.25. The Hall–Kier alpha value is -1.92. The summed E-state index contributed by atoms with van der Waals surface area (Å²) >= 11 is 0. The first-order valence-electron chi connectivity index (χ1n) is 7.81. The molecule has 0 unspecified atom stereocenters. The summed E-state index contributed by atoms with van der Waals surface area (Å²) in [5.41, 5.74) is 0. The molecular weight excluding hydrogens is 487 g/mol. The molecule has 27 heavy (non-hydrogen) atoms. The number of halogens is 4. The number of alkyl halides is 3. The largest absolute Gasteiger partial charge is 1.00 e. The minimum Gasteiger partial charge on any atom is -1.00 e. The van der Waals surface area contributed by atoms with E-state index < -0.39 is 19.6 Å². The minimum absolute atomic E-state index is 0. The van der Waals surface area contributed by atoms with Crippen LogP contribution in [0.2, 0.25) is 0 Å². The van der Waals surface area contributed by atoms with E-state index in [1.807, 2.05) is 0 Å². The second kappa shape index (κ2) is 8.85. The molecule has 0 N–H and O–H groups in total. The molecule has 0 aliphatic heterocycles. The summed E-state index contributed by atoms with van der Waals surface area (Å²) in [5.74, 6) is -2.19. The van der Waals surface area contributed by atoms with Crippen LogP contribution < -0.4 is 39.9 Å². The molecule has 3 aromatic rings. The molecule has 0 fully saturated rings. The Bertz CT molecular complexity index is 775. The highest BCUT2D eigenvalue weighted by molar-refractivity contribution is 7.92. The standard InChI is InChI=1S/C20H15F3O2P.HI/c21-20(22,23)19(24)25-26(16-10-4-1-5-11-16,17-12-6-2-7-13-17)18-14-8-3-9-15-18;/h1-15H;1H/q+1;/p-1. The van der Waals surface area contributed by atoms with Crippen LogP contribution in [-0.2, 0) is 9.32 Å². The summed E-state index contributed by atoms with van der Waals surface area (Å²) in [5, 5.41) is 1.61. The molecule has 0 radical (unpaired) electrons. The predicted molar refractivity (Wildman–Crippen MR) is 97.3 cm³/mol. The Labute approximate surface area is 172 Å². The average Bonchev–Trinajstić information content (AvgIpc) is 2.67. The molecule has 2 nitrogen and oxygen atoms in total. The third-order valence-corrected chi connectivity index (χ3v) is 7.33. The van der Waals surface area contributed by atoms with Gasteiger partial charge in [0.05, 0.1) is 0 Å². The van der Waals surface area contributed by atoms with Gasteiger partial charge in [-0.25, -0.2) is 4.79 Å². The van der Waals surface area contributed by atoms with Crippen molar-refractivity contribution in [2.45, 2.75) is 6.18 Å². The second-order valence-electron chi connectivity index (χ2n) is 5.49. The molecule has 0 bridgehead atoms. The van der Waals surface area contributed by atoms with Gasteiger partial charge in [0.15, 0.2) is 0 Å². The van der Waals surface area contributed by atoms with E-state index in [-0.39, 0.29) is 24.0 Å². The van der Waals surface area contributed by atoms with Crippen molar-refractivity contribution < 1.29 is 46.5 Å². The van der Waals surface area contributed by atoms with Crippen LogP contribution in [-0.4, -0.2) is 12.1 Å². The van der Waals surface area contributed by atoms with Crippen LogP contribution in [0.1, 0.15) is 0 Å². The van der Waals surface area contributed by atoms with Crippen molar-refractivity contribution in [3.05, 3.63) is 91.0 Å². The van der Waals surface area contributed by atoms with E-state index in [1.165, 1.54) is 0 Å². The quantitative estimate of drug-likeness (QED) is 0.394. The van der Waals surface area contributed by atoms with E-state index in [0.717, 1.165) is 0 Å². The van der Waals surface area contributed by atoms with Crippen molar-refractivity contribution in [2.24, 2.45) is 0 Å². The third-order valence-electron chi connectivity index (χ3n) is 3.81. The Morgan fingerprint density at radius 1 is 0.667 bits per heavy atom. The first kappa shape index (κ1) is 21.4. The zero-order valence-corrected chi connectivity index (χ0v) is 17.0. The van der Waals surface area contributed by atoms with Gasteiger partial charge in [0.2, 0.25) is 0 Å². The molecule has 0 aliphatic rings. The van der Waals surface area contributed by atoms with E-state index in [1.54, 1.807) is 91.0 Å². The van der Waals surface area contributed by atoms with E-state index >= 15 is 0 Å². The number of rotatable bonds is 4. The van der Waals surface area contributed by atoms with E-state index in [0.29, 0.717) is 15.9 Å². The molecule has 0 saturated heterocycles. The van der Waals surface area contributed by atoms with E-state index in [4.69, 9.17) is 4.52 Å². The van der Waals surface area contributed by atoms with Crippen molar-refractivity contribution >= 4 is 29.4 Å². The molecule has 0 atom stereocenters. The SMILES string of the molecule is O=C(O[P+](c1ccccc1)(c1ccccc1)c1ccccc1)C(F)(F)F.[I-]. The van der Waals surface area contributed by atoms with Gasteiger partial charge in [0.1, 0.15) is 15.9 Å². The molecule has 3 aromatic carbocycles. The monoisotopic (exact) mass is 502 g/mol. The van der Waals surface area contributed by atoms with Gasteiger partial charge in [-0.3, -0.25) is 4.52 Å². The highest BCUT2D eigenvalue weighted by atomic mass is 127. The number of hydrogen-bond donors (Lipinski definition) is 0. The minimum atomic E-state index is -5.08. The van der Waals surface area contributed by atoms with Gasteiger partial charge < -0.3 is 24.0 Å². The lowest BCUT2D eigenvalue weighted by molar-refractivity contribution is -0.189. The lowest BCUT2D eigenvalue weighted by atomic mass is 10.4. The van der Waals surface area contributed by atoms with Gasteiger partial charge in [0, 0.05) is 0 Å². The Balaban J connectivity index is 0.00000261. The molecule has 0 spiro atoms. The third kappa shape index (κ3) is 4.50. The normalized spacial score (nSPS) is 11.4. The van der Waals surface area contributed by atoms with E-state index in [9.17, 15) is 18.0 Å². The van der Waals surface area contributed by atoms with Crippen LogP contribution in [0.4, 0.5) is 13.2 Å². The second-order valence-corrected chi connectivity index (χ2v) is 8.44. The van der Waals surface area contributed by atoms with Gasteiger partial charge in [-0.15, -0.1) is 0 Å². The summed E-state index contributed by atoms with van der Waals surface area (Å²) in [6, 6.07) is 25.8. The van der Waals surface area contributed by atoms with Crippen LogP contribution in [0.15, 0.2) is 91.0 Å². The summed E-state index contributed by atoms with van der Waals surface area (Å²) in [6.45, 7) is 0. The summed E-state index contributed by atoms with van der Waals surface area (Å²) in [6.07, 6.45) is -5.08. The van der Waals surface area contributed by atoms with Crippen molar-refractivity contribution in [2.75, 3.05) is 0 Å². The highest BCUT2D eigenvalue weighted by Crippen LogP contribution is 2.57. The van der Waals surface area contributed by atoms with Crippen molar-refractivity contribution in [3.63, 3.8) is 0 Å². The maximum atomic E-state index is 13.1. The van der Waals surface area contributed by atoms with Crippen LogP contribution >= 0.6 is 7.49 Å². The zero-order valence-electron chi connectivity index (χ0n) is 13.9. The summed E-state index contributed by atoms with van der Waals surface area (Å²) in [7, 11) is -3.28. The first-order chi connectivity index (χ1) is 12.4. The Morgan fingerprint density at radius 2 is 0.963 bits per heavy atom. The first-order valence-corrected chi connectivity index (χ1v) is 9.52. The fourth-order valence-corrected chi connectivity index (χ4v) is 6.03. The molecule has 3 rings (SSSR count). The van der Waals surface area contributed by atoms with Gasteiger partial charge >= 0.3 is 12.1 Å². The van der Waals surface area contributed by atoms with Crippen molar-refractivity contribution in [1.82, 2.24) is 0 Å². The van der Waals surface area contributed by atoms with Crippen LogP contribution in [0, 0.1) is 0 Å². The lowest BCUT2D eigenvalue weighted by Crippen LogP contribution is -3.00. The number of carbonyl (C=O) groups excluding carboxylic acids is 1. The zero-order chi connectivity index (χ0) is 18.6. The molecule has 7 heteroatoms. The molecule has 0 heterocycles. The number of hydrogen-bond acceptors (Lipinski definition) is 2. The molecular formula is C20H15F3IO2P. The van der Waals surface area contributed by atoms with Crippen LogP contribution in [0.5, 0.6) is 0 Å². The molecule has 0 aromatic heterocycles. The fourth-order valence-electron chi connectivity index (χ4n) is 2.70. The Kier molecular flexibility index (Phi) is 7.00. The fraction of sp³-hybridized carbons (Fsp3) is 0.0500. The van der Waals surface area contributed by atoms with E-state index in [2.05, 4.69) is 0 Å². The number of benzene rings is 3.